The van der Waals surface area contributed by atoms with Crippen molar-refractivity contribution in [3.8, 4) is 0 Å². The molecule has 0 fully saturated rings. The van der Waals surface area contributed by atoms with Crippen LogP contribution in [0.2, 0.25) is 0 Å². The molecule has 0 radical (unpaired) electrons. The van der Waals surface area contributed by atoms with Crippen molar-refractivity contribution in [3.05, 3.63) is 47.8 Å². The Morgan fingerprint density at radius 1 is 1.16 bits per heavy atom. The predicted molar refractivity (Wildman–Crippen MR) is 79.4 cm³/mol. The molecule has 4 heteroatoms. The number of rotatable bonds is 5. The number of benzene rings is 1. The molecule has 0 aliphatic carbocycles. The SMILES string of the molecule is CCNc1cc(NC(C)c2ccccc2C)ncn1. The minimum atomic E-state index is 0.213. The molecule has 0 saturated carbocycles. The highest BCUT2D eigenvalue weighted by molar-refractivity contribution is 5.48. The van der Waals surface area contributed by atoms with Crippen LogP contribution in [0.25, 0.3) is 0 Å². The molecule has 0 amide bonds. The van der Waals surface area contributed by atoms with Gasteiger partial charge in [-0.2, -0.15) is 0 Å². The van der Waals surface area contributed by atoms with Crippen LogP contribution in [0.1, 0.15) is 31.0 Å². The Labute approximate surface area is 114 Å². The zero-order valence-corrected chi connectivity index (χ0v) is 11.6. The molecule has 1 aromatic heterocycles. The lowest BCUT2D eigenvalue weighted by Gasteiger charge is -2.17. The lowest BCUT2D eigenvalue weighted by Crippen LogP contribution is -2.10. The van der Waals surface area contributed by atoms with E-state index in [2.05, 4.69) is 58.7 Å². The highest BCUT2D eigenvalue weighted by Gasteiger charge is 2.08. The van der Waals surface area contributed by atoms with Gasteiger partial charge in [-0.3, -0.25) is 0 Å². The smallest absolute Gasteiger partial charge is 0.131 e. The summed E-state index contributed by atoms with van der Waals surface area (Å²) in [6.07, 6.45) is 1.57. The Kier molecular flexibility index (Phi) is 4.34. The third kappa shape index (κ3) is 3.44. The fraction of sp³-hybridized carbons (Fsp3) is 0.333. The summed E-state index contributed by atoms with van der Waals surface area (Å²) >= 11 is 0. The first-order chi connectivity index (χ1) is 9.20. The first kappa shape index (κ1) is 13.3. The summed E-state index contributed by atoms with van der Waals surface area (Å²) in [5.74, 6) is 1.68. The number of nitrogens with one attached hydrogen (secondary N) is 2. The predicted octanol–water partition coefficient (Wildman–Crippen LogP) is 3.39. The van der Waals surface area contributed by atoms with Crippen LogP contribution in [-0.2, 0) is 0 Å². The van der Waals surface area contributed by atoms with Gasteiger partial charge in [-0.15, -0.1) is 0 Å². The van der Waals surface area contributed by atoms with Crippen molar-refractivity contribution in [2.75, 3.05) is 17.2 Å². The molecule has 2 aromatic rings. The normalized spacial score (nSPS) is 11.9. The number of anilines is 2. The minimum absolute atomic E-state index is 0.213. The first-order valence-electron chi connectivity index (χ1n) is 6.58. The molecule has 2 N–H and O–H groups in total. The topological polar surface area (TPSA) is 49.8 Å². The summed E-state index contributed by atoms with van der Waals surface area (Å²) in [7, 11) is 0. The molecular weight excluding hydrogens is 236 g/mol. The highest BCUT2D eigenvalue weighted by Crippen LogP contribution is 2.21. The van der Waals surface area contributed by atoms with Crippen LogP contribution in [-0.4, -0.2) is 16.5 Å². The maximum Gasteiger partial charge on any atom is 0.131 e. The van der Waals surface area contributed by atoms with E-state index in [4.69, 9.17) is 0 Å². The van der Waals surface area contributed by atoms with Gasteiger partial charge in [0.05, 0.1) is 6.04 Å². The standard InChI is InChI=1S/C15H20N4/c1-4-16-14-9-15(18-10-17-14)19-12(3)13-8-6-5-7-11(13)2/h5-10,12H,4H2,1-3H3,(H2,16,17,18,19). The Balaban J connectivity index is 2.12. The van der Waals surface area contributed by atoms with Crippen LogP contribution in [0.5, 0.6) is 0 Å². The minimum Gasteiger partial charge on any atom is -0.370 e. The number of aryl methyl sites for hydroxylation is 1. The quantitative estimate of drug-likeness (QED) is 0.861. The molecule has 1 atom stereocenters. The average Bonchev–Trinajstić information content (AvgIpc) is 2.40. The van der Waals surface area contributed by atoms with Crippen molar-refractivity contribution >= 4 is 11.6 Å². The molecular formula is C15H20N4. The van der Waals surface area contributed by atoms with Crippen LogP contribution in [0.15, 0.2) is 36.7 Å². The average molecular weight is 256 g/mol. The van der Waals surface area contributed by atoms with Crippen LogP contribution in [0.3, 0.4) is 0 Å². The molecule has 0 saturated heterocycles. The molecule has 0 aliphatic rings. The van der Waals surface area contributed by atoms with Gasteiger partial charge in [0.1, 0.15) is 18.0 Å². The second-order valence-electron chi connectivity index (χ2n) is 4.54. The van der Waals surface area contributed by atoms with E-state index in [1.54, 1.807) is 6.33 Å². The molecule has 0 spiro atoms. The fourth-order valence-electron chi connectivity index (χ4n) is 2.09. The Bertz CT molecular complexity index is 539. The van der Waals surface area contributed by atoms with Crippen molar-refractivity contribution in [2.24, 2.45) is 0 Å². The van der Waals surface area contributed by atoms with E-state index >= 15 is 0 Å². The molecule has 0 aliphatic heterocycles. The lowest BCUT2D eigenvalue weighted by atomic mass is 10.0. The van der Waals surface area contributed by atoms with E-state index in [1.165, 1.54) is 11.1 Å². The largest absolute Gasteiger partial charge is 0.370 e. The molecule has 1 heterocycles. The number of hydrogen-bond acceptors (Lipinski definition) is 4. The summed E-state index contributed by atoms with van der Waals surface area (Å²) in [6.45, 7) is 7.16. The second-order valence-corrected chi connectivity index (χ2v) is 4.54. The molecule has 2 rings (SSSR count). The van der Waals surface area contributed by atoms with Gasteiger partial charge in [0.25, 0.3) is 0 Å². The molecule has 19 heavy (non-hydrogen) atoms. The van der Waals surface area contributed by atoms with Gasteiger partial charge in [0.2, 0.25) is 0 Å². The van der Waals surface area contributed by atoms with E-state index in [0.29, 0.717) is 0 Å². The number of hydrogen-bond donors (Lipinski definition) is 2. The summed E-state index contributed by atoms with van der Waals surface area (Å²) in [6, 6.07) is 10.5. The number of nitrogens with zero attached hydrogens (tertiary/aromatic N) is 2. The summed E-state index contributed by atoms with van der Waals surface area (Å²) in [5.41, 5.74) is 2.56. The Morgan fingerprint density at radius 2 is 1.89 bits per heavy atom. The van der Waals surface area contributed by atoms with Crippen LogP contribution in [0.4, 0.5) is 11.6 Å². The molecule has 100 valence electrons. The van der Waals surface area contributed by atoms with Gasteiger partial charge in [-0.1, -0.05) is 24.3 Å². The maximum absolute atomic E-state index is 4.25. The van der Waals surface area contributed by atoms with E-state index in [9.17, 15) is 0 Å². The maximum atomic E-state index is 4.25. The van der Waals surface area contributed by atoms with Gasteiger partial charge >= 0.3 is 0 Å². The van der Waals surface area contributed by atoms with Crippen molar-refractivity contribution < 1.29 is 0 Å². The lowest BCUT2D eigenvalue weighted by molar-refractivity contribution is 0.862. The molecule has 1 unspecified atom stereocenters. The van der Waals surface area contributed by atoms with Crippen LogP contribution < -0.4 is 10.6 Å². The zero-order valence-electron chi connectivity index (χ0n) is 11.6. The summed E-state index contributed by atoms with van der Waals surface area (Å²) in [4.78, 5) is 8.42. The monoisotopic (exact) mass is 256 g/mol. The van der Waals surface area contributed by atoms with Gasteiger partial charge in [0, 0.05) is 12.6 Å². The number of aromatic nitrogens is 2. The van der Waals surface area contributed by atoms with Crippen molar-refractivity contribution in [2.45, 2.75) is 26.8 Å². The molecule has 4 nitrogen and oxygen atoms in total. The second kappa shape index (κ2) is 6.18. The molecule has 0 bridgehead atoms. The Morgan fingerprint density at radius 3 is 2.63 bits per heavy atom. The van der Waals surface area contributed by atoms with Crippen molar-refractivity contribution in [3.63, 3.8) is 0 Å². The fourth-order valence-corrected chi connectivity index (χ4v) is 2.09. The Hall–Kier alpha value is -2.10. The van der Waals surface area contributed by atoms with E-state index in [-0.39, 0.29) is 6.04 Å². The van der Waals surface area contributed by atoms with E-state index in [1.807, 2.05) is 13.0 Å². The zero-order chi connectivity index (χ0) is 13.7. The van der Waals surface area contributed by atoms with Crippen molar-refractivity contribution in [1.29, 1.82) is 0 Å². The van der Waals surface area contributed by atoms with Gasteiger partial charge < -0.3 is 10.6 Å². The van der Waals surface area contributed by atoms with Gasteiger partial charge in [-0.05, 0) is 31.9 Å². The third-order valence-corrected chi connectivity index (χ3v) is 3.04. The van der Waals surface area contributed by atoms with Crippen LogP contribution >= 0.6 is 0 Å². The van der Waals surface area contributed by atoms with Gasteiger partial charge in [-0.25, -0.2) is 9.97 Å². The van der Waals surface area contributed by atoms with Crippen LogP contribution in [0, 0.1) is 6.92 Å². The molecule has 1 aromatic carbocycles. The van der Waals surface area contributed by atoms with E-state index < -0.39 is 0 Å². The summed E-state index contributed by atoms with van der Waals surface area (Å²) in [5, 5.41) is 6.59. The first-order valence-corrected chi connectivity index (χ1v) is 6.58. The summed E-state index contributed by atoms with van der Waals surface area (Å²) < 4.78 is 0. The van der Waals surface area contributed by atoms with Gasteiger partial charge in [0.15, 0.2) is 0 Å². The van der Waals surface area contributed by atoms with E-state index in [0.717, 1.165) is 18.2 Å². The van der Waals surface area contributed by atoms with Crippen molar-refractivity contribution in [1.82, 2.24) is 9.97 Å². The highest BCUT2D eigenvalue weighted by atomic mass is 15.1. The third-order valence-electron chi connectivity index (χ3n) is 3.04.